The summed E-state index contributed by atoms with van der Waals surface area (Å²) in [4.78, 5) is 28.2. The van der Waals surface area contributed by atoms with E-state index in [-0.39, 0.29) is 24.4 Å². The lowest BCUT2D eigenvalue weighted by atomic mass is 10.1. The van der Waals surface area contributed by atoms with E-state index in [4.69, 9.17) is 0 Å². The molecule has 142 valence electrons. The first-order chi connectivity index (χ1) is 12.9. The molecule has 2 amide bonds. The lowest BCUT2D eigenvalue weighted by Crippen LogP contribution is -3.15. The third kappa shape index (κ3) is 4.03. The van der Waals surface area contributed by atoms with E-state index in [0.717, 1.165) is 33.8 Å². The Morgan fingerprint density at radius 1 is 1.15 bits per heavy atom. The van der Waals surface area contributed by atoms with Crippen LogP contribution in [0.1, 0.15) is 23.6 Å². The van der Waals surface area contributed by atoms with Crippen LogP contribution < -0.4 is 15.1 Å². The third-order valence-corrected chi connectivity index (χ3v) is 5.58. The molecule has 27 heavy (non-hydrogen) atoms. The third-order valence-electron chi connectivity index (χ3n) is 5.58. The van der Waals surface area contributed by atoms with Gasteiger partial charge >= 0.3 is 0 Å². The van der Waals surface area contributed by atoms with E-state index in [1.165, 1.54) is 5.56 Å². The van der Waals surface area contributed by atoms with Crippen LogP contribution in [-0.2, 0) is 16.0 Å². The fourth-order valence-electron chi connectivity index (χ4n) is 3.50. The van der Waals surface area contributed by atoms with E-state index in [1.807, 2.05) is 69.1 Å². The molecule has 3 rings (SSSR count). The van der Waals surface area contributed by atoms with Gasteiger partial charge in [-0.15, -0.1) is 0 Å². The first-order valence-corrected chi connectivity index (χ1v) is 9.46. The van der Waals surface area contributed by atoms with Gasteiger partial charge in [-0.3, -0.25) is 9.59 Å². The average molecular weight is 366 g/mol. The number of fused-ring (bicyclic) bond motifs is 1. The molecule has 5 nitrogen and oxygen atoms in total. The molecule has 1 aliphatic heterocycles. The van der Waals surface area contributed by atoms with Crippen LogP contribution in [0.25, 0.3) is 0 Å². The molecule has 2 N–H and O–H groups in total. The molecule has 0 aromatic heterocycles. The van der Waals surface area contributed by atoms with Crippen LogP contribution in [0.3, 0.4) is 0 Å². The number of nitrogens with zero attached hydrogens (tertiary/aromatic N) is 1. The zero-order chi connectivity index (χ0) is 19.6. The van der Waals surface area contributed by atoms with Crippen molar-refractivity contribution < 1.29 is 14.5 Å². The normalized spacial score (nSPS) is 15.2. The summed E-state index contributed by atoms with van der Waals surface area (Å²) in [7, 11) is 1.90. The van der Waals surface area contributed by atoms with E-state index < -0.39 is 0 Å². The van der Waals surface area contributed by atoms with Gasteiger partial charge in [-0.25, -0.2) is 0 Å². The van der Waals surface area contributed by atoms with Crippen molar-refractivity contribution in [1.29, 1.82) is 0 Å². The number of benzene rings is 2. The van der Waals surface area contributed by atoms with E-state index in [2.05, 4.69) is 11.4 Å². The molecule has 0 saturated heterocycles. The number of hydrogen-bond acceptors (Lipinski definition) is 2. The summed E-state index contributed by atoms with van der Waals surface area (Å²) in [6.07, 6.45) is 0.890. The molecule has 0 fully saturated rings. The quantitative estimate of drug-likeness (QED) is 0.847. The Hall–Kier alpha value is -2.66. The standard InChI is InChI=1S/C22H27N3O2/c1-15-8-7-10-19(16(15)2)23-21(26)14-24(4)17(3)22(27)25-13-12-18-9-5-6-11-20(18)25/h5-11,17H,12-14H2,1-4H3,(H,23,26)/p+1/t17-/m1/s1. The highest BCUT2D eigenvalue weighted by Crippen LogP contribution is 2.27. The van der Waals surface area contributed by atoms with Gasteiger partial charge < -0.3 is 15.1 Å². The topological polar surface area (TPSA) is 53.9 Å². The minimum atomic E-state index is -0.291. The van der Waals surface area contributed by atoms with Gasteiger partial charge in [0.15, 0.2) is 12.6 Å². The molecule has 1 aliphatic rings. The van der Waals surface area contributed by atoms with Crippen LogP contribution in [0, 0.1) is 13.8 Å². The van der Waals surface area contributed by atoms with Crippen molar-refractivity contribution in [2.24, 2.45) is 0 Å². The highest BCUT2D eigenvalue weighted by atomic mass is 16.2. The maximum absolute atomic E-state index is 13.0. The number of carbonyl (C=O) groups excluding carboxylic acids is 2. The number of anilines is 2. The number of quaternary nitrogens is 1. The summed E-state index contributed by atoms with van der Waals surface area (Å²) in [5.41, 5.74) is 5.26. The number of para-hydroxylation sites is 1. The molecular weight excluding hydrogens is 338 g/mol. The van der Waals surface area contributed by atoms with Crippen molar-refractivity contribution in [3.05, 3.63) is 59.2 Å². The van der Waals surface area contributed by atoms with Crippen LogP contribution >= 0.6 is 0 Å². The first kappa shape index (κ1) is 19.1. The maximum atomic E-state index is 13.0. The Morgan fingerprint density at radius 3 is 2.67 bits per heavy atom. The van der Waals surface area contributed by atoms with Gasteiger partial charge in [0.25, 0.3) is 11.8 Å². The highest BCUT2D eigenvalue weighted by molar-refractivity contribution is 5.98. The van der Waals surface area contributed by atoms with Crippen LogP contribution in [0.2, 0.25) is 0 Å². The largest absolute Gasteiger partial charge is 0.321 e. The summed E-state index contributed by atoms with van der Waals surface area (Å²) in [5, 5.41) is 2.98. The van der Waals surface area contributed by atoms with Crippen LogP contribution in [0.15, 0.2) is 42.5 Å². The monoisotopic (exact) mass is 366 g/mol. The Labute approximate surface area is 161 Å². The molecular formula is C22H28N3O2+. The summed E-state index contributed by atoms with van der Waals surface area (Å²) >= 11 is 0. The van der Waals surface area contributed by atoms with Crippen molar-refractivity contribution >= 4 is 23.2 Å². The van der Waals surface area contributed by atoms with Crippen LogP contribution in [0.5, 0.6) is 0 Å². The predicted molar refractivity (Wildman–Crippen MR) is 108 cm³/mol. The molecule has 0 radical (unpaired) electrons. The van der Waals surface area contributed by atoms with Gasteiger partial charge in [0.2, 0.25) is 0 Å². The van der Waals surface area contributed by atoms with Gasteiger partial charge in [-0.05, 0) is 56.0 Å². The number of aryl methyl sites for hydroxylation is 1. The van der Waals surface area contributed by atoms with Gasteiger partial charge in [-0.2, -0.15) is 0 Å². The van der Waals surface area contributed by atoms with Gasteiger partial charge in [-0.1, -0.05) is 30.3 Å². The van der Waals surface area contributed by atoms with Crippen molar-refractivity contribution in [2.45, 2.75) is 33.2 Å². The lowest BCUT2D eigenvalue weighted by molar-refractivity contribution is -0.885. The van der Waals surface area contributed by atoms with Gasteiger partial charge in [0.1, 0.15) is 0 Å². The maximum Gasteiger partial charge on any atom is 0.284 e. The zero-order valence-corrected chi connectivity index (χ0v) is 16.5. The molecule has 2 aromatic carbocycles. The molecule has 0 saturated carbocycles. The first-order valence-electron chi connectivity index (χ1n) is 9.46. The fraction of sp³-hybridized carbons (Fsp3) is 0.364. The summed E-state index contributed by atoms with van der Waals surface area (Å²) < 4.78 is 0. The second kappa shape index (κ2) is 7.92. The minimum absolute atomic E-state index is 0.0667. The van der Waals surface area contributed by atoms with Crippen molar-refractivity contribution in [1.82, 2.24) is 0 Å². The van der Waals surface area contributed by atoms with E-state index in [0.29, 0.717) is 6.54 Å². The van der Waals surface area contributed by atoms with Gasteiger partial charge in [0.05, 0.1) is 7.05 Å². The van der Waals surface area contributed by atoms with Crippen LogP contribution in [0.4, 0.5) is 11.4 Å². The number of hydrogen-bond donors (Lipinski definition) is 2. The van der Waals surface area contributed by atoms with E-state index in [1.54, 1.807) is 0 Å². The highest BCUT2D eigenvalue weighted by Gasteiger charge is 2.32. The van der Waals surface area contributed by atoms with Gasteiger partial charge in [0, 0.05) is 17.9 Å². The summed E-state index contributed by atoms with van der Waals surface area (Å²) in [6.45, 7) is 6.87. The smallest absolute Gasteiger partial charge is 0.284 e. The molecule has 2 aromatic rings. The van der Waals surface area contributed by atoms with E-state index in [9.17, 15) is 9.59 Å². The minimum Gasteiger partial charge on any atom is -0.321 e. The number of nitrogens with one attached hydrogen (secondary N) is 2. The Bertz CT molecular complexity index is 862. The number of likely N-dealkylation sites (N-methyl/N-ethyl adjacent to an activating group) is 1. The number of amides is 2. The van der Waals surface area contributed by atoms with Crippen LogP contribution in [-0.4, -0.2) is 38.0 Å². The van der Waals surface area contributed by atoms with Crippen molar-refractivity contribution in [3.8, 4) is 0 Å². The van der Waals surface area contributed by atoms with Crippen molar-refractivity contribution in [2.75, 3.05) is 30.4 Å². The summed E-state index contributed by atoms with van der Waals surface area (Å²) in [5.74, 6) is -0.0142. The molecule has 0 spiro atoms. The number of carbonyl (C=O) groups is 2. The van der Waals surface area contributed by atoms with E-state index >= 15 is 0 Å². The second-order valence-corrected chi connectivity index (χ2v) is 7.41. The summed E-state index contributed by atoms with van der Waals surface area (Å²) in [6, 6.07) is 13.6. The Kier molecular flexibility index (Phi) is 5.61. The molecule has 2 atom stereocenters. The molecule has 5 heteroatoms. The predicted octanol–water partition coefficient (Wildman–Crippen LogP) is 1.73. The zero-order valence-electron chi connectivity index (χ0n) is 16.5. The molecule has 0 bridgehead atoms. The SMILES string of the molecule is Cc1cccc(NC(=O)C[NH+](C)[C@H](C)C(=O)N2CCc3ccccc32)c1C. The Morgan fingerprint density at radius 2 is 1.89 bits per heavy atom. The molecule has 1 unspecified atom stereocenters. The fourth-order valence-corrected chi connectivity index (χ4v) is 3.50. The molecule has 1 heterocycles. The molecule has 0 aliphatic carbocycles. The number of rotatable bonds is 5. The lowest BCUT2D eigenvalue weighted by Gasteiger charge is -2.25. The van der Waals surface area contributed by atoms with Crippen molar-refractivity contribution in [3.63, 3.8) is 0 Å². The Balaban J connectivity index is 1.62. The average Bonchev–Trinajstić information content (AvgIpc) is 3.08. The second-order valence-electron chi connectivity index (χ2n) is 7.41.